The molecule has 1 aromatic heterocycles. The number of benzene rings is 1. The number of carboxylic acid groups (broad SMARTS) is 1. The van der Waals surface area contributed by atoms with E-state index in [0.717, 1.165) is 30.7 Å². The average Bonchev–Trinajstić information content (AvgIpc) is 2.85. The molecular formula is C13H15N3O2. The Balaban J connectivity index is 2.15. The van der Waals surface area contributed by atoms with Crippen molar-refractivity contribution in [2.24, 2.45) is 0 Å². The quantitative estimate of drug-likeness (QED) is 0.848. The fourth-order valence-corrected chi connectivity index (χ4v) is 1.64. The lowest BCUT2D eigenvalue weighted by Crippen LogP contribution is -1.95. The summed E-state index contributed by atoms with van der Waals surface area (Å²) in [4.78, 5) is 15.1. The molecule has 0 aliphatic heterocycles. The van der Waals surface area contributed by atoms with Gasteiger partial charge in [0.2, 0.25) is 0 Å². The van der Waals surface area contributed by atoms with Gasteiger partial charge in [0, 0.05) is 12.0 Å². The fourth-order valence-electron chi connectivity index (χ4n) is 1.64. The van der Waals surface area contributed by atoms with Crippen LogP contribution in [0.5, 0.6) is 0 Å². The molecular weight excluding hydrogens is 230 g/mol. The highest BCUT2D eigenvalue weighted by Crippen LogP contribution is 2.16. The molecule has 0 fully saturated rings. The van der Waals surface area contributed by atoms with Crippen molar-refractivity contribution in [3.05, 3.63) is 35.7 Å². The first-order valence-electron chi connectivity index (χ1n) is 5.95. The van der Waals surface area contributed by atoms with Crippen LogP contribution in [-0.2, 0) is 6.42 Å². The van der Waals surface area contributed by atoms with Crippen LogP contribution in [0.4, 0.5) is 0 Å². The van der Waals surface area contributed by atoms with Gasteiger partial charge in [-0.1, -0.05) is 25.5 Å². The maximum Gasteiger partial charge on any atom is 0.335 e. The minimum absolute atomic E-state index is 0.264. The lowest BCUT2D eigenvalue weighted by Gasteiger charge is -1.96. The van der Waals surface area contributed by atoms with E-state index in [1.165, 1.54) is 0 Å². The van der Waals surface area contributed by atoms with E-state index in [0.29, 0.717) is 5.82 Å². The van der Waals surface area contributed by atoms with Gasteiger partial charge < -0.3 is 5.11 Å². The first-order valence-corrected chi connectivity index (χ1v) is 5.95. The van der Waals surface area contributed by atoms with E-state index in [1.807, 2.05) is 0 Å². The zero-order chi connectivity index (χ0) is 13.0. The predicted molar refractivity (Wildman–Crippen MR) is 67.4 cm³/mol. The lowest BCUT2D eigenvalue weighted by atomic mass is 10.1. The Morgan fingerprint density at radius 2 is 2.06 bits per heavy atom. The molecule has 1 heterocycles. The Hall–Kier alpha value is -2.17. The summed E-state index contributed by atoms with van der Waals surface area (Å²) >= 11 is 0. The van der Waals surface area contributed by atoms with Crippen LogP contribution in [0.3, 0.4) is 0 Å². The third-order valence-electron chi connectivity index (χ3n) is 2.69. The van der Waals surface area contributed by atoms with Crippen molar-refractivity contribution in [3.8, 4) is 11.4 Å². The maximum atomic E-state index is 10.7. The molecule has 18 heavy (non-hydrogen) atoms. The number of aromatic carboxylic acids is 1. The van der Waals surface area contributed by atoms with Crippen molar-refractivity contribution in [2.45, 2.75) is 26.2 Å². The molecule has 0 atom stereocenters. The van der Waals surface area contributed by atoms with Gasteiger partial charge in [0.15, 0.2) is 5.82 Å². The first-order chi connectivity index (χ1) is 8.70. The summed E-state index contributed by atoms with van der Waals surface area (Å²) in [6, 6.07) is 6.55. The van der Waals surface area contributed by atoms with Gasteiger partial charge in [0.25, 0.3) is 0 Å². The van der Waals surface area contributed by atoms with Crippen molar-refractivity contribution in [1.82, 2.24) is 15.2 Å². The van der Waals surface area contributed by atoms with Crippen molar-refractivity contribution in [1.29, 1.82) is 0 Å². The number of rotatable bonds is 5. The Morgan fingerprint density at radius 3 is 2.67 bits per heavy atom. The minimum Gasteiger partial charge on any atom is -0.478 e. The van der Waals surface area contributed by atoms with Crippen LogP contribution in [0, 0.1) is 0 Å². The van der Waals surface area contributed by atoms with E-state index in [4.69, 9.17) is 5.11 Å². The zero-order valence-electron chi connectivity index (χ0n) is 10.2. The largest absolute Gasteiger partial charge is 0.478 e. The van der Waals surface area contributed by atoms with E-state index in [9.17, 15) is 4.79 Å². The Kier molecular flexibility index (Phi) is 3.72. The van der Waals surface area contributed by atoms with Crippen molar-refractivity contribution in [2.75, 3.05) is 0 Å². The standard InChI is InChI=1S/C13H15N3O2/c1-2-3-4-11-14-12(16-15-11)9-5-7-10(8-6-9)13(17)18/h5-8H,2-4H2,1H3,(H,17,18)(H,14,15,16). The molecule has 94 valence electrons. The number of nitrogens with zero attached hydrogens (tertiary/aromatic N) is 2. The number of unbranched alkanes of at least 4 members (excludes halogenated alkanes) is 1. The Morgan fingerprint density at radius 1 is 1.33 bits per heavy atom. The molecule has 2 N–H and O–H groups in total. The average molecular weight is 245 g/mol. The first kappa shape index (κ1) is 12.3. The summed E-state index contributed by atoms with van der Waals surface area (Å²) in [5.74, 6) is 0.548. The maximum absolute atomic E-state index is 10.7. The van der Waals surface area contributed by atoms with Crippen LogP contribution < -0.4 is 0 Å². The van der Waals surface area contributed by atoms with Crippen LogP contribution in [-0.4, -0.2) is 26.3 Å². The topological polar surface area (TPSA) is 78.9 Å². The molecule has 1 aromatic carbocycles. The Labute approximate surface area is 105 Å². The smallest absolute Gasteiger partial charge is 0.335 e. The van der Waals surface area contributed by atoms with Gasteiger partial charge >= 0.3 is 5.97 Å². The number of hydrogen-bond donors (Lipinski definition) is 2. The molecule has 0 aliphatic rings. The highest BCUT2D eigenvalue weighted by molar-refractivity contribution is 5.88. The molecule has 0 bridgehead atoms. The van der Waals surface area contributed by atoms with E-state index < -0.39 is 5.97 Å². The third-order valence-corrected chi connectivity index (χ3v) is 2.69. The fraction of sp³-hybridized carbons (Fsp3) is 0.308. The number of hydrogen-bond acceptors (Lipinski definition) is 3. The van der Waals surface area contributed by atoms with Gasteiger partial charge in [-0.15, -0.1) is 0 Å². The SMILES string of the molecule is CCCCc1nc(-c2ccc(C(=O)O)cc2)n[nH]1. The van der Waals surface area contributed by atoms with Crippen LogP contribution in [0.25, 0.3) is 11.4 Å². The summed E-state index contributed by atoms with van der Waals surface area (Å²) in [6.07, 6.45) is 3.08. The molecule has 0 aliphatic carbocycles. The molecule has 2 rings (SSSR count). The van der Waals surface area contributed by atoms with Crippen LogP contribution >= 0.6 is 0 Å². The lowest BCUT2D eigenvalue weighted by molar-refractivity contribution is 0.0697. The van der Waals surface area contributed by atoms with Gasteiger partial charge in [-0.25, -0.2) is 9.78 Å². The summed E-state index contributed by atoms with van der Waals surface area (Å²) in [7, 11) is 0. The molecule has 0 saturated heterocycles. The molecule has 0 spiro atoms. The second-order valence-corrected chi connectivity index (χ2v) is 4.09. The summed E-state index contributed by atoms with van der Waals surface area (Å²) < 4.78 is 0. The highest BCUT2D eigenvalue weighted by Gasteiger charge is 2.07. The molecule has 0 radical (unpaired) electrons. The van der Waals surface area contributed by atoms with Gasteiger partial charge in [-0.2, -0.15) is 5.10 Å². The van der Waals surface area contributed by atoms with E-state index in [2.05, 4.69) is 22.1 Å². The number of H-pyrrole nitrogens is 1. The normalized spacial score (nSPS) is 10.5. The monoisotopic (exact) mass is 245 g/mol. The van der Waals surface area contributed by atoms with Crippen LogP contribution in [0.2, 0.25) is 0 Å². The number of carboxylic acids is 1. The Bertz CT molecular complexity index is 531. The molecule has 0 unspecified atom stereocenters. The second-order valence-electron chi connectivity index (χ2n) is 4.09. The number of aromatic amines is 1. The molecule has 0 saturated carbocycles. The molecule has 0 amide bonds. The van der Waals surface area contributed by atoms with E-state index >= 15 is 0 Å². The highest BCUT2D eigenvalue weighted by atomic mass is 16.4. The zero-order valence-corrected chi connectivity index (χ0v) is 10.2. The summed E-state index contributed by atoms with van der Waals surface area (Å²) in [5, 5.41) is 15.8. The van der Waals surface area contributed by atoms with Crippen molar-refractivity contribution >= 4 is 5.97 Å². The number of aryl methyl sites for hydroxylation is 1. The van der Waals surface area contributed by atoms with Crippen LogP contribution in [0.1, 0.15) is 35.9 Å². The van der Waals surface area contributed by atoms with Gasteiger partial charge in [-0.05, 0) is 18.6 Å². The van der Waals surface area contributed by atoms with E-state index in [1.54, 1.807) is 24.3 Å². The van der Waals surface area contributed by atoms with Crippen molar-refractivity contribution < 1.29 is 9.90 Å². The summed E-state index contributed by atoms with van der Waals surface area (Å²) in [6.45, 7) is 2.13. The molecule has 5 nitrogen and oxygen atoms in total. The van der Waals surface area contributed by atoms with E-state index in [-0.39, 0.29) is 5.56 Å². The van der Waals surface area contributed by atoms with Gasteiger partial charge in [0.1, 0.15) is 5.82 Å². The van der Waals surface area contributed by atoms with Crippen LogP contribution in [0.15, 0.2) is 24.3 Å². The minimum atomic E-state index is -0.930. The van der Waals surface area contributed by atoms with Gasteiger partial charge in [0.05, 0.1) is 5.56 Å². The molecule has 2 aromatic rings. The number of carbonyl (C=O) groups is 1. The summed E-state index contributed by atoms with van der Waals surface area (Å²) in [5.41, 5.74) is 1.08. The second kappa shape index (κ2) is 5.44. The molecule has 5 heteroatoms. The number of aromatic nitrogens is 3. The van der Waals surface area contributed by atoms with Crippen molar-refractivity contribution in [3.63, 3.8) is 0 Å². The van der Waals surface area contributed by atoms with Gasteiger partial charge in [-0.3, -0.25) is 5.10 Å². The predicted octanol–water partition coefficient (Wildman–Crippen LogP) is 2.51. The third kappa shape index (κ3) is 2.74. The number of nitrogens with one attached hydrogen (secondary N) is 1.